The molecule has 4 atom stereocenters. The van der Waals surface area contributed by atoms with Crippen LogP contribution in [-0.4, -0.2) is 27.5 Å². The van der Waals surface area contributed by atoms with Crippen molar-refractivity contribution in [2.24, 2.45) is 17.8 Å². The normalized spacial score (nSPS) is 24.6. The number of hydrogen-bond acceptors (Lipinski definition) is 3. The van der Waals surface area contributed by atoms with Crippen LogP contribution in [0.3, 0.4) is 0 Å². The molecule has 2 saturated carbocycles. The summed E-state index contributed by atoms with van der Waals surface area (Å²) < 4.78 is 40.8. The Hall–Kier alpha value is -2.58. The summed E-state index contributed by atoms with van der Waals surface area (Å²) in [6.07, 6.45) is -0.00611. The standard InChI is InChI=1S/C20H23F3N4O2/c1-11(14-9-12-6-7-13(14)8-12)24-19(29)26-17(28)10-27-16-5-3-2-4-15(16)25-18(27)20(21,22)23/h2-5,11-14H,6-10H2,1H3,(H2,24,26,28,29)/t11-,12-,13-,14+/m0/s1. The quantitative estimate of drug-likeness (QED) is 0.810. The number of urea groups is 1. The van der Waals surface area contributed by atoms with E-state index >= 15 is 0 Å². The van der Waals surface area contributed by atoms with Crippen LogP contribution in [0.2, 0.25) is 0 Å². The lowest BCUT2D eigenvalue weighted by molar-refractivity contribution is -0.147. The zero-order chi connectivity index (χ0) is 20.8. The third-order valence-electron chi connectivity index (χ3n) is 6.26. The van der Waals surface area contributed by atoms with Crippen molar-refractivity contribution in [2.75, 3.05) is 0 Å². The molecule has 2 N–H and O–H groups in total. The number of carbonyl (C=O) groups excluding carboxylic acids is 2. The maximum absolute atomic E-state index is 13.3. The van der Waals surface area contributed by atoms with E-state index in [1.54, 1.807) is 12.1 Å². The minimum atomic E-state index is -4.71. The van der Waals surface area contributed by atoms with Crippen molar-refractivity contribution in [3.05, 3.63) is 30.1 Å². The number of imide groups is 1. The van der Waals surface area contributed by atoms with Gasteiger partial charge in [0.15, 0.2) is 0 Å². The average Bonchev–Trinajstić information content (AvgIpc) is 3.35. The first-order valence-corrected chi connectivity index (χ1v) is 9.85. The van der Waals surface area contributed by atoms with Crippen molar-refractivity contribution in [2.45, 2.75) is 51.4 Å². The molecule has 2 fully saturated rings. The molecular weight excluding hydrogens is 385 g/mol. The summed E-state index contributed by atoms with van der Waals surface area (Å²) in [4.78, 5) is 28.1. The van der Waals surface area contributed by atoms with Crippen molar-refractivity contribution in [1.29, 1.82) is 0 Å². The van der Waals surface area contributed by atoms with Gasteiger partial charge in [0.25, 0.3) is 0 Å². The lowest BCUT2D eigenvalue weighted by atomic mass is 9.84. The summed E-state index contributed by atoms with van der Waals surface area (Å²) >= 11 is 0. The third kappa shape index (κ3) is 3.95. The summed E-state index contributed by atoms with van der Waals surface area (Å²) in [5.74, 6) is -0.253. The summed E-state index contributed by atoms with van der Waals surface area (Å²) in [6, 6.07) is 5.29. The van der Waals surface area contributed by atoms with Gasteiger partial charge >= 0.3 is 12.2 Å². The smallest absolute Gasteiger partial charge is 0.335 e. The van der Waals surface area contributed by atoms with E-state index in [1.807, 2.05) is 6.92 Å². The van der Waals surface area contributed by atoms with Gasteiger partial charge in [-0.25, -0.2) is 9.78 Å². The van der Waals surface area contributed by atoms with Crippen LogP contribution >= 0.6 is 0 Å². The number of rotatable bonds is 4. The van der Waals surface area contributed by atoms with Crippen LogP contribution in [0.4, 0.5) is 18.0 Å². The molecule has 0 saturated heterocycles. The zero-order valence-corrected chi connectivity index (χ0v) is 16.0. The SMILES string of the molecule is C[C@H](NC(=O)NC(=O)Cn1c(C(F)(F)F)nc2ccccc21)[C@H]1C[C@H]2CC[C@H]1C2. The molecule has 156 valence electrons. The number of hydrogen-bond donors (Lipinski definition) is 2. The number of imidazole rings is 1. The predicted molar refractivity (Wildman–Crippen MR) is 99.8 cm³/mol. The largest absolute Gasteiger partial charge is 0.449 e. The molecule has 3 amide bonds. The number of nitrogens with zero attached hydrogens (tertiary/aromatic N) is 2. The highest BCUT2D eigenvalue weighted by Crippen LogP contribution is 2.49. The second kappa shape index (κ2) is 7.35. The Kier molecular flexibility index (Phi) is 5.00. The van der Waals surface area contributed by atoms with Crippen LogP contribution in [0.25, 0.3) is 11.0 Å². The van der Waals surface area contributed by atoms with Gasteiger partial charge in [0.1, 0.15) is 6.54 Å². The first-order chi connectivity index (χ1) is 13.7. The molecule has 1 aromatic carbocycles. The highest BCUT2D eigenvalue weighted by Gasteiger charge is 2.42. The van der Waals surface area contributed by atoms with E-state index in [1.165, 1.54) is 31.4 Å². The fourth-order valence-corrected chi connectivity index (χ4v) is 5.02. The van der Waals surface area contributed by atoms with Crippen molar-refractivity contribution < 1.29 is 22.8 Å². The Bertz CT molecular complexity index is 939. The van der Waals surface area contributed by atoms with Gasteiger partial charge in [-0.2, -0.15) is 13.2 Å². The Morgan fingerprint density at radius 2 is 2.00 bits per heavy atom. The van der Waals surface area contributed by atoms with E-state index in [0.717, 1.165) is 16.9 Å². The summed E-state index contributed by atoms with van der Waals surface area (Å²) in [6.45, 7) is 1.27. The van der Waals surface area contributed by atoms with Gasteiger partial charge in [-0.05, 0) is 56.1 Å². The molecule has 6 nitrogen and oxygen atoms in total. The average molecular weight is 408 g/mol. The molecule has 1 heterocycles. The molecule has 1 aromatic heterocycles. The van der Waals surface area contributed by atoms with Crippen LogP contribution in [-0.2, 0) is 17.5 Å². The van der Waals surface area contributed by atoms with E-state index < -0.39 is 30.5 Å². The van der Waals surface area contributed by atoms with E-state index in [0.29, 0.717) is 11.8 Å². The van der Waals surface area contributed by atoms with Crippen LogP contribution in [0.15, 0.2) is 24.3 Å². The number of alkyl halides is 3. The topological polar surface area (TPSA) is 76.0 Å². The van der Waals surface area contributed by atoms with Crippen molar-refractivity contribution in [3.63, 3.8) is 0 Å². The zero-order valence-electron chi connectivity index (χ0n) is 16.0. The Morgan fingerprint density at radius 3 is 2.66 bits per heavy atom. The number of nitrogens with one attached hydrogen (secondary N) is 2. The maximum Gasteiger partial charge on any atom is 0.449 e. The van der Waals surface area contributed by atoms with Gasteiger partial charge < -0.3 is 9.88 Å². The van der Waals surface area contributed by atoms with Crippen LogP contribution in [0.5, 0.6) is 0 Å². The Morgan fingerprint density at radius 1 is 1.24 bits per heavy atom. The van der Waals surface area contributed by atoms with Gasteiger partial charge in [-0.3, -0.25) is 10.1 Å². The highest BCUT2D eigenvalue weighted by atomic mass is 19.4. The van der Waals surface area contributed by atoms with E-state index in [2.05, 4.69) is 15.6 Å². The number of aromatic nitrogens is 2. The number of carbonyl (C=O) groups is 2. The first kappa shape index (κ1) is 19.7. The van der Waals surface area contributed by atoms with Crippen LogP contribution in [0, 0.1) is 17.8 Å². The van der Waals surface area contributed by atoms with E-state index in [4.69, 9.17) is 0 Å². The third-order valence-corrected chi connectivity index (χ3v) is 6.26. The van der Waals surface area contributed by atoms with E-state index in [9.17, 15) is 22.8 Å². The molecule has 4 rings (SSSR count). The molecule has 0 radical (unpaired) electrons. The fourth-order valence-electron chi connectivity index (χ4n) is 5.02. The number of amides is 3. The molecule has 2 aliphatic carbocycles. The van der Waals surface area contributed by atoms with Gasteiger partial charge in [0, 0.05) is 6.04 Å². The second-order valence-corrected chi connectivity index (χ2v) is 8.16. The molecule has 0 aliphatic heterocycles. The van der Waals surface area contributed by atoms with Crippen molar-refractivity contribution in [3.8, 4) is 0 Å². The number of para-hydroxylation sites is 2. The Balaban J connectivity index is 1.41. The number of fused-ring (bicyclic) bond motifs is 3. The molecule has 2 bridgehead atoms. The lowest BCUT2D eigenvalue weighted by Crippen LogP contribution is -2.47. The van der Waals surface area contributed by atoms with Gasteiger partial charge in [-0.1, -0.05) is 18.6 Å². The molecule has 0 spiro atoms. The summed E-state index contributed by atoms with van der Waals surface area (Å²) in [5.41, 5.74) is 0.327. The van der Waals surface area contributed by atoms with Gasteiger partial charge in [-0.15, -0.1) is 0 Å². The predicted octanol–water partition coefficient (Wildman–Crippen LogP) is 3.71. The number of halogens is 3. The molecule has 0 unspecified atom stereocenters. The minimum absolute atomic E-state index is 0.0853. The molecule has 2 aliphatic rings. The van der Waals surface area contributed by atoms with Crippen LogP contribution in [0.1, 0.15) is 38.4 Å². The van der Waals surface area contributed by atoms with Gasteiger partial charge in [0.05, 0.1) is 11.0 Å². The number of benzene rings is 1. The van der Waals surface area contributed by atoms with Crippen molar-refractivity contribution >= 4 is 23.0 Å². The molecule has 9 heteroatoms. The second-order valence-electron chi connectivity index (χ2n) is 8.16. The van der Waals surface area contributed by atoms with Crippen molar-refractivity contribution in [1.82, 2.24) is 20.2 Å². The summed E-state index contributed by atoms with van der Waals surface area (Å²) in [5, 5.41) is 4.94. The molecule has 29 heavy (non-hydrogen) atoms. The summed E-state index contributed by atoms with van der Waals surface area (Å²) in [7, 11) is 0. The maximum atomic E-state index is 13.3. The van der Waals surface area contributed by atoms with E-state index in [-0.39, 0.29) is 17.1 Å². The minimum Gasteiger partial charge on any atom is -0.335 e. The fraction of sp³-hybridized carbons (Fsp3) is 0.550. The highest BCUT2D eigenvalue weighted by molar-refractivity contribution is 5.95. The monoisotopic (exact) mass is 408 g/mol. The Labute approximate surface area is 165 Å². The molecule has 2 aromatic rings. The molecular formula is C20H23F3N4O2. The lowest BCUT2D eigenvalue weighted by Gasteiger charge is -2.28. The van der Waals surface area contributed by atoms with Crippen LogP contribution < -0.4 is 10.6 Å². The van der Waals surface area contributed by atoms with Gasteiger partial charge in [0.2, 0.25) is 11.7 Å². The first-order valence-electron chi connectivity index (χ1n) is 9.85.